The number of aromatic amines is 1. The Labute approximate surface area is 131 Å². The van der Waals surface area contributed by atoms with Crippen LogP contribution in [0.4, 0.5) is 0 Å². The Kier molecular flexibility index (Phi) is 4.20. The van der Waals surface area contributed by atoms with Gasteiger partial charge in [0, 0.05) is 28.4 Å². The van der Waals surface area contributed by atoms with Crippen LogP contribution in [0.3, 0.4) is 0 Å². The van der Waals surface area contributed by atoms with Gasteiger partial charge in [0.05, 0.1) is 5.52 Å². The fourth-order valence-electron chi connectivity index (χ4n) is 2.91. The van der Waals surface area contributed by atoms with Gasteiger partial charge in [-0.1, -0.05) is 18.2 Å². The SMILES string of the molecule is CNCCC(c1ccc2c(C)[nH]nc2c1)c1cccc(C)n1. The Morgan fingerprint density at radius 3 is 2.82 bits per heavy atom. The van der Waals surface area contributed by atoms with Gasteiger partial charge in [0.25, 0.3) is 0 Å². The Balaban J connectivity index is 2.03. The monoisotopic (exact) mass is 294 g/mol. The minimum atomic E-state index is 0.286. The van der Waals surface area contributed by atoms with Gasteiger partial charge in [-0.15, -0.1) is 0 Å². The third kappa shape index (κ3) is 2.88. The molecule has 0 aliphatic rings. The normalized spacial score (nSPS) is 12.7. The smallest absolute Gasteiger partial charge is 0.0926 e. The van der Waals surface area contributed by atoms with Crippen LogP contribution in [0.1, 0.15) is 35.0 Å². The Hall–Kier alpha value is -2.20. The fraction of sp³-hybridized carbons (Fsp3) is 0.333. The number of pyridine rings is 1. The lowest BCUT2D eigenvalue weighted by Crippen LogP contribution is -2.14. The van der Waals surface area contributed by atoms with Crippen LogP contribution in [0.15, 0.2) is 36.4 Å². The Bertz CT molecular complexity index is 776. The lowest BCUT2D eigenvalue weighted by molar-refractivity contribution is 0.648. The molecule has 4 heteroatoms. The first-order valence-corrected chi connectivity index (χ1v) is 7.72. The first kappa shape index (κ1) is 14.7. The molecule has 0 saturated carbocycles. The van der Waals surface area contributed by atoms with E-state index in [1.165, 1.54) is 10.9 Å². The van der Waals surface area contributed by atoms with E-state index >= 15 is 0 Å². The first-order chi connectivity index (χ1) is 10.7. The zero-order valence-corrected chi connectivity index (χ0v) is 13.4. The van der Waals surface area contributed by atoms with Gasteiger partial charge in [0.1, 0.15) is 0 Å². The van der Waals surface area contributed by atoms with Crippen LogP contribution in [-0.4, -0.2) is 28.8 Å². The number of aromatic nitrogens is 3. The second-order valence-electron chi connectivity index (χ2n) is 5.77. The minimum Gasteiger partial charge on any atom is -0.320 e. The van der Waals surface area contributed by atoms with Crippen molar-refractivity contribution in [2.45, 2.75) is 26.2 Å². The Morgan fingerprint density at radius 1 is 1.18 bits per heavy atom. The molecule has 0 radical (unpaired) electrons. The predicted octanol–water partition coefficient (Wildman–Crippen LogP) is 3.32. The number of fused-ring (bicyclic) bond motifs is 1. The van der Waals surface area contributed by atoms with Crippen molar-refractivity contribution in [2.24, 2.45) is 0 Å². The highest BCUT2D eigenvalue weighted by Gasteiger charge is 2.16. The number of nitrogens with zero attached hydrogens (tertiary/aromatic N) is 2. The van der Waals surface area contributed by atoms with E-state index in [4.69, 9.17) is 4.98 Å². The van der Waals surface area contributed by atoms with Crippen molar-refractivity contribution in [3.63, 3.8) is 0 Å². The second-order valence-corrected chi connectivity index (χ2v) is 5.77. The third-order valence-corrected chi connectivity index (χ3v) is 4.12. The summed E-state index contributed by atoms with van der Waals surface area (Å²) in [7, 11) is 1.99. The van der Waals surface area contributed by atoms with Crippen molar-refractivity contribution in [3.8, 4) is 0 Å². The van der Waals surface area contributed by atoms with E-state index < -0.39 is 0 Å². The predicted molar refractivity (Wildman–Crippen MR) is 90.2 cm³/mol. The summed E-state index contributed by atoms with van der Waals surface area (Å²) >= 11 is 0. The molecule has 3 rings (SSSR count). The molecule has 0 fully saturated rings. The topological polar surface area (TPSA) is 53.6 Å². The van der Waals surface area contributed by atoms with Gasteiger partial charge >= 0.3 is 0 Å². The highest BCUT2D eigenvalue weighted by atomic mass is 15.1. The van der Waals surface area contributed by atoms with E-state index in [1.807, 2.05) is 20.0 Å². The molecule has 0 amide bonds. The van der Waals surface area contributed by atoms with Crippen LogP contribution >= 0.6 is 0 Å². The molecule has 1 unspecified atom stereocenters. The largest absolute Gasteiger partial charge is 0.320 e. The number of benzene rings is 1. The van der Waals surface area contributed by atoms with Crippen molar-refractivity contribution in [2.75, 3.05) is 13.6 Å². The summed E-state index contributed by atoms with van der Waals surface area (Å²) in [6.45, 7) is 5.05. The molecule has 2 aromatic heterocycles. The quantitative estimate of drug-likeness (QED) is 0.759. The number of hydrogen-bond acceptors (Lipinski definition) is 3. The van der Waals surface area contributed by atoms with Gasteiger partial charge in [0.2, 0.25) is 0 Å². The van der Waals surface area contributed by atoms with E-state index in [9.17, 15) is 0 Å². The summed E-state index contributed by atoms with van der Waals surface area (Å²) in [5, 5.41) is 11.9. The van der Waals surface area contributed by atoms with Crippen LogP contribution in [0.2, 0.25) is 0 Å². The zero-order chi connectivity index (χ0) is 15.5. The first-order valence-electron chi connectivity index (χ1n) is 7.72. The molecule has 0 saturated heterocycles. The van der Waals surface area contributed by atoms with Crippen molar-refractivity contribution in [1.29, 1.82) is 0 Å². The van der Waals surface area contributed by atoms with Crippen LogP contribution in [0.25, 0.3) is 10.9 Å². The number of aryl methyl sites for hydroxylation is 2. The Morgan fingerprint density at radius 2 is 2.05 bits per heavy atom. The van der Waals surface area contributed by atoms with Crippen LogP contribution < -0.4 is 5.32 Å². The standard InChI is InChI=1S/C18H22N4/c1-12-5-4-6-17(20-12)16(9-10-19-3)14-7-8-15-13(2)21-22-18(15)11-14/h4-8,11,16,19H,9-10H2,1-3H3,(H,21,22). The molecule has 114 valence electrons. The number of nitrogens with one attached hydrogen (secondary N) is 2. The molecule has 4 nitrogen and oxygen atoms in total. The molecular weight excluding hydrogens is 272 g/mol. The lowest BCUT2D eigenvalue weighted by Gasteiger charge is -2.17. The average Bonchev–Trinajstić information content (AvgIpc) is 2.89. The molecule has 0 aliphatic carbocycles. The summed E-state index contributed by atoms with van der Waals surface area (Å²) < 4.78 is 0. The van der Waals surface area contributed by atoms with E-state index in [0.29, 0.717) is 0 Å². The molecule has 0 bridgehead atoms. The fourth-order valence-corrected chi connectivity index (χ4v) is 2.91. The summed E-state index contributed by atoms with van der Waals surface area (Å²) in [6.07, 6.45) is 1.02. The molecular formula is C18H22N4. The molecule has 1 aromatic carbocycles. The molecule has 0 spiro atoms. The number of hydrogen-bond donors (Lipinski definition) is 2. The summed E-state index contributed by atoms with van der Waals surface area (Å²) in [4.78, 5) is 4.73. The van der Waals surface area contributed by atoms with E-state index in [-0.39, 0.29) is 5.92 Å². The van der Waals surface area contributed by atoms with Crippen molar-refractivity contribution in [1.82, 2.24) is 20.5 Å². The molecule has 2 heterocycles. The van der Waals surface area contributed by atoms with Crippen LogP contribution in [-0.2, 0) is 0 Å². The summed E-state index contributed by atoms with van der Waals surface area (Å²) in [6, 6.07) is 12.8. The zero-order valence-electron chi connectivity index (χ0n) is 13.4. The second kappa shape index (κ2) is 6.28. The van der Waals surface area contributed by atoms with Gasteiger partial charge in [-0.2, -0.15) is 5.10 Å². The number of H-pyrrole nitrogens is 1. The lowest BCUT2D eigenvalue weighted by atomic mass is 9.91. The molecule has 3 aromatic rings. The van der Waals surface area contributed by atoms with Crippen molar-refractivity contribution in [3.05, 3.63) is 59.0 Å². The van der Waals surface area contributed by atoms with Crippen LogP contribution in [0, 0.1) is 13.8 Å². The third-order valence-electron chi connectivity index (χ3n) is 4.12. The molecule has 2 N–H and O–H groups in total. The van der Waals surface area contributed by atoms with E-state index in [2.05, 4.69) is 52.8 Å². The van der Waals surface area contributed by atoms with E-state index in [0.717, 1.165) is 35.6 Å². The maximum absolute atomic E-state index is 4.73. The molecule has 1 atom stereocenters. The summed E-state index contributed by atoms with van der Waals surface area (Å²) in [5.74, 6) is 0.286. The van der Waals surface area contributed by atoms with Crippen molar-refractivity contribution >= 4 is 10.9 Å². The van der Waals surface area contributed by atoms with Gasteiger partial charge in [-0.25, -0.2) is 0 Å². The molecule has 0 aliphatic heterocycles. The maximum atomic E-state index is 4.73. The maximum Gasteiger partial charge on any atom is 0.0926 e. The van der Waals surface area contributed by atoms with Gasteiger partial charge in [-0.05, 0) is 57.6 Å². The number of rotatable bonds is 5. The minimum absolute atomic E-state index is 0.286. The van der Waals surface area contributed by atoms with Gasteiger partial charge < -0.3 is 5.32 Å². The molecule has 22 heavy (non-hydrogen) atoms. The summed E-state index contributed by atoms with van der Waals surface area (Å²) in [5.41, 5.74) is 5.59. The average molecular weight is 294 g/mol. The highest BCUT2D eigenvalue weighted by molar-refractivity contribution is 5.81. The van der Waals surface area contributed by atoms with Gasteiger partial charge in [-0.3, -0.25) is 10.1 Å². The van der Waals surface area contributed by atoms with E-state index in [1.54, 1.807) is 0 Å². The van der Waals surface area contributed by atoms with Crippen molar-refractivity contribution < 1.29 is 0 Å². The van der Waals surface area contributed by atoms with Gasteiger partial charge in [0.15, 0.2) is 0 Å². The van der Waals surface area contributed by atoms with Crippen LogP contribution in [0.5, 0.6) is 0 Å². The highest BCUT2D eigenvalue weighted by Crippen LogP contribution is 2.29.